The molecular weight excluding hydrogens is 352 g/mol. The highest BCUT2D eigenvalue weighted by molar-refractivity contribution is 6.32. The molecule has 0 saturated heterocycles. The van der Waals surface area contributed by atoms with Crippen LogP contribution in [0.1, 0.15) is 15.9 Å². The molecular formula is C20H14O7. The zero-order chi connectivity index (χ0) is 19.1. The minimum atomic E-state index is -0.831. The van der Waals surface area contributed by atoms with Crippen LogP contribution in [0.2, 0.25) is 0 Å². The van der Waals surface area contributed by atoms with Crippen LogP contribution in [0, 0.1) is 0 Å². The predicted octanol–water partition coefficient (Wildman–Crippen LogP) is 3.34. The number of phenols is 1. The van der Waals surface area contributed by atoms with E-state index < -0.39 is 11.8 Å². The first-order valence-corrected chi connectivity index (χ1v) is 7.98. The lowest BCUT2D eigenvalue weighted by atomic mass is 9.95. The summed E-state index contributed by atoms with van der Waals surface area (Å²) < 4.78 is 21.5. The van der Waals surface area contributed by atoms with Crippen molar-refractivity contribution in [3.05, 3.63) is 53.3 Å². The van der Waals surface area contributed by atoms with Crippen LogP contribution in [0.5, 0.6) is 23.0 Å². The number of hydrogen-bond donors (Lipinski definition) is 1. The van der Waals surface area contributed by atoms with Crippen LogP contribution < -0.4 is 14.2 Å². The van der Waals surface area contributed by atoms with Crippen LogP contribution >= 0.6 is 0 Å². The molecule has 3 aromatic rings. The second kappa shape index (κ2) is 6.21. The fraction of sp³-hybridized carbons (Fsp3) is 0.100. The SMILES string of the molecule is COc1c2c(c(OC)c3occc13)OC(=O)C(=Cc1cccc(O)c1)C2=O. The summed E-state index contributed by atoms with van der Waals surface area (Å²) in [5.41, 5.74) is 0.689. The van der Waals surface area contributed by atoms with Gasteiger partial charge in [-0.15, -0.1) is 0 Å². The lowest BCUT2D eigenvalue weighted by Crippen LogP contribution is -2.26. The Kier molecular flexibility index (Phi) is 3.84. The van der Waals surface area contributed by atoms with Gasteiger partial charge in [-0.2, -0.15) is 0 Å². The molecule has 4 rings (SSSR count). The molecule has 27 heavy (non-hydrogen) atoms. The van der Waals surface area contributed by atoms with Gasteiger partial charge in [-0.05, 0) is 29.8 Å². The molecule has 1 aliphatic heterocycles. The number of carbonyl (C=O) groups excluding carboxylic acids is 2. The van der Waals surface area contributed by atoms with Gasteiger partial charge in [0.2, 0.25) is 11.5 Å². The van der Waals surface area contributed by atoms with Gasteiger partial charge in [0.25, 0.3) is 0 Å². The molecule has 0 saturated carbocycles. The maximum atomic E-state index is 13.1. The number of carbonyl (C=O) groups is 2. The maximum Gasteiger partial charge on any atom is 0.347 e. The van der Waals surface area contributed by atoms with Crippen LogP contribution in [0.15, 0.2) is 46.6 Å². The van der Waals surface area contributed by atoms with Crippen molar-refractivity contribution in [2.24, 2.45) is 0 Å². The molecule has 0 aliphatic carbocycles. The van der Waals surface area contributed by atoms with Gasteiger partial charge in [0.05, 0.1) is 25.9 Å². The lowest BCUT2D eigenvalue weighted by Gasteiger charge is -2.21. The number of phenolic OH excluding ortho intramolecular Hbond substituents is 1. The molecule has 0 atom stereocenters. The van der Waals surface area contributed by atoms with E-state index in [0.29, 0.717) is 16.5 Å². The summed E-state index contributed by atoms with van der Waals surface area (Å²) >= 11 is 0. The van der Waals surface area contributed by atoms with Gasteiger partial charge in [-0.3, -0.25) is 4.79 Å². The summed E-state index contributed by atoms with van der Waals surface area (Å²) in [5.74, 6) is -1.05. The van der Waals surface area contributed by atoms with Gasteiger partial charge < -0.3 is 23.7 Å². The highest BCUT2D eigenvalue weighted by Crippen LogP contribution is 2.49. The molecule has 0 fully saturated rings. The van der Waals surface area contributed by atoms with Gasteiger partial charge >= 0.3 is 5.97 Å². The highest BCUT2D eigenvalue weighted by Gasteiger charge is 2.38. The largest absolute Gasteiger partial charge is 0.508 e. The number of rotatable bonds is 3. The number of fused-ring (bicyclic) bond motifs is 2. The number of hydrogen-bond acceptors (Lipinski definition) is 7. The zero-order valence-electron chi connectivity index (χ0n) is 14.4. The zero-order valence-corrected chi connectivity index (χ0v) is 14.4. The van der Waals surface area contributed by atoms with E-state index in [-0.39, 0.29) is 34.1 Å². The van der Waals surface area contributed by atoms with E-state index in [9.17, 15) is 14.7 Å². The minimum Gasteiger partial charge on any atom is -0.508 e. The van der Waals surface area contributed by atoms with Crippen molar-refractivity contribution in [1.29, 1.82) is 0 Å². The van der Waals surface area contributed by atoms with Gasteiger partial charge in [-0.25, -0.2) is 4.79 Å². The number of ether oxygens (including phenoxy) is 3. The number of benzene rings is 2. The average Bonchev–Trinajstić information content (AvgIpc) is 3.12. The first kappa shape index (κ1) is 16.7. The molecule has 1 aliphatic rings. The van der Waals surface area contributed by atoms with Crippen molar-refractivity contribution in [3.8, 4) is 23.0 Å². The highest BCUT2D eigenvalue weighted by atomic mass is 16.6. The molecule has 1 aromatic heterocycles. The molecule has 1 N–H and O–H groups in total. The Morgan fingerprint density at radius 2 is 1.85 bits per heavy atom. The summed E-state index contributed by atoms with van der Waals surface area (Å²) in [5, 5.41) is 10.1. The summed E-state index contributed by atoms with van der Waals surface area (Å²) in [6.45, 7) is 0. The van der Waals surface area contributed by atoms with E-state index in [2.05, 4.69) is 0 Å². The fourth-order valence-corrected chi connectivity index (χ4v) is 3.10. The van der Waals surface area contributed by atoms with Crippen molar-refractivity contribution in [3.63, 3.8) is 0 Å². The van der Waals surface area contributed by atoms with Crippen molar-refractivity contribution < 1.29 is 33.3 Å². The van der Waals surface area contributed by atoms with E-state index >= 15 is 0 Å². The topological polar surface area (TPSA) is 95.2 Å². The Morgan fingerprint density at radius 3 is 2.56 bits per heavy atom. The summed E-state index contributed by atoms with van der Waals surface area (Å²) in [6, 6.07) is 7.81. The molecule has 0 spiro atoms. The molecule has 2 aromatic carbocycles. The Bertz CT molecular complexity index is 1120. The van der Waals surface area contributed by atoms with Crippen molar-refractivity contribution in [1.82, 2.24) is 0 Å². The van der Waals surface area contributed by atoms with E-state index in [0.717, 1.165) is 0 Å². The van der Waals surface area contributed by atoms with Crippen molar-refractivity contribution in [2.75, 3.05) is 14.2 Å². The number of esters is 1. The van der Waals surface area contributed by atoms with E-state index in [1.165, 1.54) is 38.7 Å². The number of aromatic hydroxyl groups is 1. The Labute approximate surface area is 153 Å². The van der Waals surface area contributed by atoms with Gasteiger partial charge in [0, 0.05) is 0 Å². The smallest absolute Gasteiger partial charge is 0.347 e. The van der Waals surface area contributed by atoms with Crippen molar-refractivity contribution in [2.45, 2.75) is 0 Å². The maximum absolute atomic E-state index is 13.1. The molecule has 0 unspecified atom stereocenters. The number of methoxy groups -OCH3 is 2. The molecule has 7 nitrogen and oxygen atoms in total. The number of furan rings is 1. The normalized spacial score (nSPS) is 15.0. The molecule has 7 heteroatoms. The fourth-order valence-electron chi connectivity index (χ4n) is 3.10. The summed E-state index contributed by atoms with van der Waals surface area (Å²) in [4.78, 5) is 25.6. The number of ketones is 1. The van der Waals surface area contributed by atoms with Crippen LogP contribution in [-0.4, -0.2) is 31.1 Å². The van der Waals surface area contributed by atoms with E-state index in [1.807, 2.05) is 0 Å². The van der Waals surface area contributed by atoms with Crippen molar-refractivity contribution >= 4 is 28.8 Å². The molecule has 2 heterocycles. The molecule has 0 radical (unpaired) electrons. The van der Waals surface area contributed by atoms with Crippen LogP contribution in [0.4, 0.5) is 0 Å². The minimum absolute atomic E-state index is 0.0146. The molecule has 0 bridgehead atoms. The first-order valence-electron chi connectivity index (χ1n) is 7.98. The van der Waals surface area contributed by atoms with Crippen LogP contribution in [0.25, 0.3) is 17.0 Å². The van der Waals surface area contributed by atoms with E-state index in [4.69, 9.17) is 18.6 Å². The summed E-state index contributed by atoms with van der Waals surface area (Å²) in [6.07, 6.45) is 2.79. The van der Waals surface area contributed by atoms with Gasteiger partial charge in [0.15, 0.2) is 11.3 Å². The Hall–Kier alpha value is -3.74. The number of Topliss-reactive ketones (excluding diaryl/α,β-unsaturated/α-hetero) is 1. The third-order valence-corrected chi connectivity index (χ3v) is 4.25. The lowest BCUT2D eigenvalue weighted by molar-refractivity contribution is -0.130. The standard InChI is InChI=1S/C20H14O7/c1-24-16-12-6-7-26-17(12)19(25-2)18-14(16)15(22)13(20(23)27-18)9-10-4-3-5-11(21)8-10/h3-9,21H,1-2H3. The third kappa shape index (κ3) is 2.52. The quantitative estimate of drug-likeness (QED) is 0.329. The van der Waals surface area contributed by atoms with E-state index in [1.54, 1.807) is 18.2 Å². The Morgan fingerprint density at radius 1 is 1.07 bits per heavy atom. The second-order valence-electron chi connectivity index (χ2n) is 5.81. The van der Waals surface area contributed by atoms with Crippen LogP contribution in [-0.2, 0) is 4.79 Å². The molecule has 0 amide bonds. The first-order chi connectivity index (χ1) is 13.0. The van der Waals surface area contributed by atoms with Gasteiger partial charge in [-0.1, -0.05) is 12.1 Å². The predicted molar refractivity (Wildman–Crippen MR) is 95.4 cm³/mol. The monoisotopic (exact) mass is 366 g/mol. The summed E-state index contributed by atoms with van der Waals surface area (Å²) in [7, 11) is 2.80. The van der Waals surface area contributed by atoms with Crippen LogP contribution in [0.3, 0.4) is 0 Å². The van der Waals surface area contributed by atoms with Gasteiger partial charge in [0.1, 0.15) is 22.6 Å². The Balaban J connectivity index is 1.97. The average molecular weight is 366 g/mol. The molecule has 136 valence electrons. The third-order valence-electron chi connectivity index (χ3n) is 4.25. The second-order valence-corrected chi connectivity index (χ2v) is 5.81.